The molecule has 35 heavy (non-hydrogen) atoms. The van der Waals surface area contributed by atoms with E-state index in [1.165, 1.54) is 24.3 Å². The van der Waals surface area contributed by atoms with Crippen molar-refractivity contribution in [1.82, 2.24) is 14.7 Å². The summed E-state index contributed by atoms with van der Waals surface area (Å²) < 4.78 is 56.5. The quantitative estimate of drug-likeness (QED) is 0.408. The van der Waals surface area contributed by atoms with Crippen LogP contribution in [0, 0.1) is 18.2 Å². The fourth-order valence-corrected chi connectivity index (χ4v) is 4.14. The topological polar surface area (TPSA) is 85.6 Å². The van der Waals surface area contributed by atoms with E-state index >= 15 is 0 Å². The van der Waals surface area contributed by atoms with Crippen molar-refractivity contribution in [3.05, 3.63) is 81.3 Å². The summed E-state index contributed by atoms with van der Waals surface area (Å²) in [7, 11) is 0. The normalized spacial score (nSPS) is 15.1. The summed E-state index contributed by atoms with van der Waals surface area (Å²) in [5.41, 5.74) is 5.52. The van der Waals surface area contributed by atoms with Gasteiger partial charge in [-0.25, -0.2) is 22.4 Å². The lowest BCUT2D eigenvalue weighted by molar-refractivity contribution is -0.133. The molecule has 0 aliphatic carbocycles. The molecule has 1 atom stereocenters. The van der Waals surface area contributed by atoms with Crippen LogP contribution >= 0.6 is 11.6 Å². The molecule has 1 aliphatic rings. The van der Waals surface area contributed by atoms with E-state index in [2.05, 4.69) is 9.94 Å². The van der Waals surface area contributed by atoms with Crippen molar-refractivity contribution in [1.29, 1.82) is 0 Å². The molecule has 0 unspecified atom stereocenters. The van der Waals surface area contributed by atoms with Gasteiger partial charge in [-0.15, -0.1) is 0 Å². The molecular weight excluding hydrogens is 490 g/mol. The average Bonchev–Trinajstić information content (AvgIpc) is 3.20. The van der Waals surface area contributed by atoms with Crippen molar-refractivity contribution in [2.75, 3.05) is 6.54 Å². The number of alkyl halides is 2. The van der Waals surface area contributed by atoms with Crippen LogP contribution in [0.15, 0.2) is 36.4 Å². The summed E-state index contributed by atoms with van der Waals surface area (Å²) in [5.74, 6) is -3.09. The van der Waals surface area contributed by atoms with E-state index in [0.29, 0.717) is 0 Å². The lowest BCUT2D eigenvalue weighted by Gasteiger charge is -2.34. The van der Waals surface area contributed by atoms with Crippen LogP contribution in [0.4, 0.5) is 23.2 Å². The minimum atomic E-state index is -2.95. The number of halogens is 5. The van der Waals surface area contributed by atoms with Gasteiger partial charge in [0.2, 0.25) is 11.6 Å². The zero-order valence-electron chi connectivity index (χ0n) is 17.8. The number of rotatable bonds is 5. The Labute approximate surface area is 201 Å². The van der Waals surface area contributed by atoms with Crippen LogP contribution in [0.2, 0.25) is 5.02 Å². The third-order valence-corrected chi connectivity index (χ3v) is 5.93. The van der Waals surface area contributed by atoms with Crippen LogP contribution in [-0.4, -0.2) is 39.5 Å². The van der Waals surface area contributed by atoms with Gasteiger partial charge >= 0.3 is 0 Å². The Morgan fingerprint density at radius 2 is 1.94 bits per heavy atom. The summed E-state index contributed by atoms with van der Waals surface area (Å²) >= 11 is 5.83. The first-order chi connectivity index (χ1) is 16.6. The molecule has 12 heteroatoms. The average molecular weight is 506 g/mol. The van der Waals surface area contributed by atoms with Gasteiger partial charge in [-0.05, 0) is 29.8 Å². The molecule has 1 aromatic heterocycles. The fourth-order valence-electron chi connectivity index (χ4n) is 3.96. The Balaban J connectivity index is 1.72. The van der Waals surface area contributed by atoms with Gasteiger partial charge in [0.25, 0.3) is 12.3 Å². The van der Waals surface area contributed by atoms with Crippen LogP contribution < -0.4 is 5.73 Å². The standard InChI is InChI=1S/C23H16ClF4N5O2/c1-30-16-5-2-11(6-15(16)26)7-19(34)32-9-17-20(23(29)35)21(12-3-4-14(25)13(24)8-12)31-33(17)18(10-32)22(27)28/h2-6,8,18,22H,7,9-10H2,(H2,29,35)/t18-/m0/s1. The number of benzene rings is 2. The van der Waals surface area contributed by atoms with Crippen molar-refractivity contribution < 1.29 is 27.2 Å². The van der Waals surface area contributed by atoms with Gasteiger partial charge in [-0.2, -0.15) is 5.10 Å². The molecule has 0 radical (unpaired) electrons. The Bertz CT molecular complexity index is 1380. The van der Waals surface area contributed by atoms with Gasteiger partial charge in [0.1, 0.15) is 23.4 Å². The van der Waals surface area contributed by atoms with Crippen molar-refractivity contribution >= 4 is 29.1 Å². The summed E-state index contributed by atoms with van der Waals surface area (Å²) in [4.78, 5) is 29.4. The minimum absolute atomic E-state index is 0.00705. The van der Waals surface area contributed by atoms with Gasteiger partial charge in [-0.1, -0.05) is 23.7 Å². The highest BCUT2D eigenvalue weighted by Crippen LogP contribution is 2.35. The second-order valence-electron chi connectivity index (χ2n) is 7.86. The van der Waals surface area contributed by atoms with E-state index < -0.39 is 42.5 Å². The molecule has 2 N–H and O–H groups in total. The molecule has 2 amide bonds. The number of nitrogens with two attached hydrogens (primary N) is 1. The van der Waals surface area contributed by atoms with Gasteiger partial charge < -0.3 is 10.6 Å². The van der Waals surface area contributed by atoms with Crippen LogP contribution in [0.3, 0.4) is 0 Å². The molecule has 0 fully saturated rings. The second-order valence-corrected chi connectivity index (χ2v) is 8.27. The van der Waals surface area contributed by atoms with Crippen molar-refractivity contribution in [2.45, 2.75) is 25.4 Å². The zero-order valence-corrected chi connectivity index (χ0v) is 18.6. The molecule has 180 valence electrons. The third-order valence-electron chi connectivity index (χ3n) is 5.64. The van der Waals surface area contributed by atoms with E-state index in [0.717, 1.165) is 21.7 Å². The molecule has 1 aliphatic heterocycles. The van der Waals surface area contributed by atoms with Crippen LogP contribution in [-0.2, 0) is 17.8 Å². The van der Waals surface area contributed by atoms with Gasteiger partial charge in [0, 0.05) is 12.1 Å². The van der Waals surface area contributed by atoms with E-state index in [-0.39, 0.29) is 51.8 Å². The first-order valence-electron chi connectivity index (χ1n) is 10.2. The number of hydrogen-bond donors (Lipinski definition) is 1. The Hall–Kier alpha value is -3.91. The maximum Gasteiger partial charge on any atom is 0.262 e. The van der Waals surface area contributed by atoms with Gasteiger partial charge in [-0.3, -0.25) is 14.3 Å². The number of amides is 2. The van der Waals surface area contributed by atoms with Crippen molar-refractivity contribution in [2.24, 2.45) is 5.73 Å². The highest BCUT2D eigenvalue weighted by Gasteiger charge is 2.38. The first kappa shape index (κ1) is 24.2. The first-order valence-corrected chi connectivity index (χ1v) is 10.6. The summed E-state index contributed by atoms with van der Waals surface area (Å²) in [6, 6.07) is 5.59. The predicted octanol–water partition coefficient (Wildman–Crippen LogP) is 4.52. The monoisotopic (exact) mass is 505 g/mol. The smallest absolute Gasteiger partial charge is 0.262 e. The van der Waals surface area contributed by atoms with E-state index in [1.807, 2.05) is 0 Å². The lowest BCUT2D eigenvalue weighted by Crippen LogP contribution is -2.44. The molecule has 7 nitrogen and oxygen atoms in total. The largest absolute Gasteiger partial charge is 0.365 e. The number of aromatic nitrogens is 2. The number of fused-ring (bicyclic) bond motifs is 1. The molecule has 3 aromatic rings. The van der Waals surface area contributed by atoms with E-state index in [4.69, 9.17) is 23.9 Å². The number of carbonyl (C=O) groups excluding carboxylic acids is 2. The SMILES string of the molecule is [C-]#[N+]c1ccc(CC(=O)N2Cc3c(C(N)=O)c(-c4ccc(F)c(Cl)c4)nn3[C@H](C(F)F)C2)cc1F. The number of carbonyl (C=O) groups is 2. The molecule has 0 spiro atoms. The number of nitrogens with zero attached hydrogens (tertiary/aromatic N) is 4. The maximum absolute atomic E-state index is 14.0. The molecule has 0 saturated heterocycles. The van der Waals surface area contributed by atoms with Crippen molar-refractivity contribution in [3.8, 4) is 11.3 Å². The zero-order chi connectivity index (χ0) is 25.4. The van der Waals surface area contributed by atoms with E-state index in [1.54, 1.807) is 0 Å². The molecule has 4 rings (SSSR count). The molecule has 0 bridgehead atoms. The maximum atomic E-state index is 14.0. The highest BCUT2D eigenvalue weighted by atomic mass is 35.5. The summed E-state index contributed by atoms with van der Waals surface area (Å²) in [5, 5.41) is 3.90. The summed E-state index contributed by atoms with van der Waals surface area (Å²) in [6.07, 6.45) is -3.27. The number of primary amides is 1. The highest BCUT2D eigenvalue weighted by molar-refractivity contribution is 6.31. The molecule has 0 saturated carbocycles. The lowest BCUT2D eigenvalue weighted by atomic mass is 10.0. The molecule has 2 heterocycles. The Morgan fingerprint density at radius 1 is 1.20 bits per heavy atom. The fraction of sp³-hybridized carbons (Fsp3) is 0.217. The van der Waals surface area contributed by atoms with Crippen LogP contribution in [0.1, 0.15) is 27.7 Å². The van der Waals surface area contributed by atoms with Crippen molar-refractivity contribution in [3.63, 3.8) is 0 Å². The van der Waals surface area contributed by atoms with E-state index in [9.17, 15) is 27.2 Å². The molecule has 2 aromatic carbocycles. The number of hydrogen-bond acceptors (Lipinski definition) is 3. The molecular formula is C23H16ClF4N5O2. The van der Waals surface area contributed by atoms with Crippen LogP contribution in [0.25, 0.3) is 16.1 Å². The van der Waals surface area contributed by atoms with Gasteiger partial charge in [0.05, 0.1) is 35.8 Å². The summed E-state index contributed by atoms with van der Waals surface area (Å²) in [6.45, 7) is 6.22. The third kappa shape index (κ3) is 4.57. The minimum Gasteiger partial charge on any atom is -0.365 e. The second kappa shape index (κ2) is 9.38. The van der Waals surface area contributed by atoms with Gasteiger partial charge in [0.15, 0.2) is 0 Å². The Morgan fingerprint density at radius 3 is 2.54 bits per heavy atom. The van der Waals surface area contributed by atoms with Crippen LogP contribution in [0.5, 0.6) is 0 Å². The Kier molecular flexibility index (Phi) is 6.49. The predicted molar refractivity (Wildman–Crippen MR) is 118 cm³/mol.